The van der Waals surface area contributed by atoms with Crippen molar-refractivity contribution < 1.29 is 26.4 Å². The molecule has 0 aliphatic rings. The van der Waals surface area contributed by atoms with Gasteiger partial charge in [-0.15, -0.1) is 0 Å². The predicted molar refractivity (Wildman–Crippen MR) is 106 cm³/mol. The van der Waals surface area contributed by atoms with Gasteiger partial charge in [-0.25, -0.2) is 13.8 Å². The Hall–Kier alpha value is -2.30. The number of carbonyl (C=O) groups excluding carboxylic acids is 1. The van der Waals surface area contributed by atoms with Crippen molar-refractivity contribution in [2.75, 3.05) is 17.1 Å². The van der Waals surface area contributed by atoms with Crippen LogP contribution in [0.2, 0.25) is 10.0 Å². The van der Waals surface area contributed by atoms with E-state index in [9.17, 15) is 26.4 Å². The SMILES string of the molecule is CS(=O)(=O)N(CC(=O)N/N=C\c1ccccc1C(F)(F)F)c1cc(Cl)cc(Cl)c1. The molecule has 1 N–H and O–H groups in total. The Morgan fingerprint density at radius 3 is 2.31 bits per heavy atom. The Bertz CT molecular complexity index is 1020. The van der Waals surface area contributed by atoms with Crippen LogP contribution >= 0.6 is 23.2 Å². The highest BCUT2D eigenvalue weighted by molar-refractivity contribution is 7.92. The van der Waals surface area contributed by atoms with Crippen LogP contribution in [0.5, 0.6) is 0 Å². The molecule has 0 saturated carbocycles. The van der Waals surface area contributed by atoms with Crippen LogP contribution in [-0.2, 0) is 21.0 Å². The van der Waals surface area contributed by atoms with E-state index in [0.717, 1.165) is 22.8 Å². The molecule has 0 aliphatic carbocycles. The highest BCUT2D eigenvalue weighted by Crippen LogP contribution is 2.31. The number of nitrogens with one attached hydrogen (secondary N) is 1. The summed E-state index contributed by atoms with van der Waals surface area (Å²) in [6.45, 7) is -0.687. The first-order valence-corrected chi connectivity index (χ1v) is 10.4. The summed E-state index contributed by atoms with van der Waals surface area (Å²) in [5, 5.41) is 3.79. The molecular weight excluding hydrogens is 454 g/mol. The van der Waals surface area contributed by atoms with Gasteiger partial charge >= 0.3 is 6.18 Å². The minimum atomic E-state index is -4.59. The van der Waals surface area contributed by atoms with E-state index in [0.29, 0.717) is 0 Å². The number of hydrogen-bond donors (Lipinski definition) is 1. The lowest BCUT2D eigenvalue weighted by Crippen LogP contribution is -2.39. The van der Waals surface area contributed by atoms with E-state index in [2.05, 4.69) is 5.10 Å². The van der Waals surface area contributed by atoms with Gasteiger partial charge in [0.05, 0.1) is 23.7 Å². The van der Waals surface area contributed by atoms with E-state index in [-0.39, 0.29) is 21.3 Å². The summed E-state index contributed by atoms with van der Waals surface area (Å²) in [7, 11) is -3.90. The highest BCUT2D eigenvalue weighted by Gasteiger charge is 2.32. The monoisotopic (exact) mass is 467 g/mol. The molecule has 0 aliphatic heterocycles. The van der Waals surface area contributed by atoms with Crippen molar-refractivity contribution in [1.29, 1.82) is 0 Å². The summed E-state index contributed by atoms with van der Waals surface area (Å²) in [5.41, 5.74) is 0.861. The van der Waals surface area contributed by atoms with Crippen LogP contribution in [0.25, 0.3) is 0 Å². The molecule has 0 bridgehead atoms. The van der Waals surface area contributed by atoms with Crippen LogP contribution in [0.1, 0.15) is 11.1 Å². The lowest BCUT2D eigenvalue weighted by atomic mass is 10.1. The third kappa shape index (κ3) is 6.62. The Morgan fingerprint density at radius 1 is 1.17 bits per heavy atom. The number of alkyl halides is 3. The molecule has 6 nitrogen and oxygen atoms in total. The van der Waals surface area contributed by atoms with Gasteiger partial charge in [-0.1, -0.05) is 41.4 Å². The van der Waals surface area contributed by atoms with Crippen molar-refractivity contribution in [3.63, 3.8) is 0 Å². The molecule has 0 radical (unpaired) electrons. The van der Waals surface area contributed by atoms with Gasteiger partial charge in [0.1, 0.15) is 6.54 Å². The van der Waals surface area contributed by atoms with Crippen molar-refractivity contribution in [1.82, 2.24) is 5.43 Å². The molecule has 0 unspecified atom stereocenters. The normalized spacial score (nSPS) is 12.2. The Balaban J connectivity index is 2.17. The van der Waals surface area contributed by atoms with Crippen LogP contribution < -0.4 is 9.73 Å². The number of hydrogen-bond acceptors (Lipinski definition) is 4. The second-order valence-electron chi connectivity index (χ2n) is 5.78. The summed E-state index contributed by atoms with van der Waals surface area (Å²) in [4.78, 5) is 12.1. The fourth-order valence-electron chi connectivity index (χ4n) is 2.29. The van der Waals surface area contributed by atoms with Crippen molar-refractivity contribution in [2.45, 2.75) is 6.18 Å². The molecule has 2 rings (SSSR count). The van der Waals surface area contributed by atoms with E-state index in [4.69, 9.17) is 23.2 Å². The number of sulfonamides is 1. The summed E-state index contributed by atoms with van der Waals surface area (Å²) >= 11 is 11.7. The Labute approximate surface area is 175 Å². The van der Waals surface area contributed by atoms with Crippen LogP contribution in [0.4, 0.5) is 18.9 Å². The Kier molecular flexibility index (Phi) is 7.15. The predicted octanol–water partition coefficient (Wildman–Crippen LogP) is 3.93. The third-order valence-corrected chi connectivity index (χ3v) is 5.06. The molecule has 0 heterocycles. The largest absolute Gasteiger partial charge is 0.417 e. The smallest absolute Gasteiger partial charge is 0.271 e. The molecule has 2 aromatic carbocycles. The zero-order valence-corrected chi connectivity index (χ0v) is 17.1. The van der Waals surface area contributed by atoms with Crippen LogP contribution in [0.3, 0.4) is 0 Å². The lowest BCUT2D eigenvalue weighted by molar-refractivity contribution is -0.137. The average Bonchev–Trinajstić information content (AvgIpc) is 2.57. The van der Waals surface area contributed by atoms with Gasteiger partial charge in [0.15, 0.2) is 0 Å². The van der Waals surface area contributed by atoms with E-state index < -0.39 is 34.2 Å². The molecule has 0 saturated heterocycles. The zero-order chi connectivity index (χ0) is 21.8. The van der Waals surface area contributed by atoms with E-state index in [1.165, 1.54) is 36.4 Å². The number of nitrogens with zero attached hydrogens (tertiary/aromatic N) is 2. The topological polar surface area (TPSA) is 78.8 Å². The maximum Gasteiger partial charge on any atom is 0.417 e. The number of benzene rings is 2. The van der Waals surface area contributed by atoms with Crippen LogP contribution in [0, 0.1) is 0 Å². The van der Waals surface area contributed by atoms with Crippen molar-refractivity contribution >= 4 is 51.0 Å². The van der Waals surface area contributed by atoms with E-state index in [1.54, 1.807) is 0 Å². The summed E-state index contributed by atoms with van der Waals surface area (Å²) in [6, 6.07) is 8.63. The summed E-state index contributed by atoms with van der Waals surface area (Å²) in [6.07, 6.45) is -2.90. The third-order valence-electron chi connectivity index (χ3n) is 3.48. The fraction of sp³-hybridized carbons (Fsp3) is 0.176. The van der Waals surface area contributed by atoms with Gasteiger partial charge in [-0.05, 0) is 24.3 Å². The van der Waals surface area contributed by atoms with Gasteiger partial charge in [-0.3, -0.25) is 9.10 Å². The summed E-state index contributed by atoms with van der Waals surface area (Å²) < 4.78 is 63.6. The van der Waals surface area contributed by atoms with Crippen LogP contribution in [0.15, 0.2) is 47.6 Å². The second kappa shape index (κ2) is 9.02. The van der Waals surface area contributed by atoms with Crippen LogP contribution in [-0.4, -0.2) is 33.3 Å². The van der Waals surface area contributed by atoms with E-state index >= 15 is 0 Å². The zero-order valence-electron chi connectivity index (χ0n) is 14.7. The number of hydrazone groups is 1. The number of rotatable bonds is 6. The van der Waals surface area contributed by atoms with Crippen molar-refractivity contribution in [3.05, 3.63) is 63.6 Å². The molecule has 12 heteroatoms. The van der Waals surface area contributed by atoms with E-state index in [1.807, 2.05) is 5.43 Å². The molecule has 0 atom stereocenters. The molecule has 0 aromatic heterocycles. The summed E-state index contributed by atoms with van der Waals surface area (Å²) in [5.74, 6) is -0.882. The second-order valence-corrected chi connectivity index (χ2v) is 8.56. The van der Waals surface area contributed by atoms with Crippen molar-refractivity contribution in [3.8, 4) is 0 Å². The lowest BCUT2D eigenvalue weighted by Gasteiger charge is -2.21. The maximum atomic E-state index is 12.9. The van der Waals surface area contributed by atoms with Gasteiger partial charge in [-0.2, -0.15) is 18.3 Å². The molecule has 1 amide bonds. The first-order chi connectivity index (χ1) is 13.4. The average molecular weight is 468 g/mol. The van der Waals surface area contributed by atoms with Gasteiger partial charge < -0.3 is 0 Å². The quantitative estimate of drug-likeness (QED) is 0.516. The molecule has 29 heavy (non-hydrogen) atoms. The molecule has 0 fully saturated rings. The maximum absolute atomic E-state index is 12.9. The number of anilines is 1. The molecule has 2 aromatic rings. The first kappa shape index (κ1) is 23.0. The minimum absolute atomic E-state index is 0.0477. The first-order valence-electron chi connectivity index (χ1n) is 7.80. The molecule has 0 spiro atoms. The number of amides is 1. The number of halogens is 5. The molecular formula is C17H14Cl2F3N3O3S. The minimum Gasteiger partial charge on any atom is -0.271 e. The van der Waals surface area contributed by atoms with Gasteiger partial charge in [0, 0.05) is 15.6 Å². The number of carbonyl (C=O) groups is 1. The fourth-order valence-corrected chi connectivity index (χ4v) is 3.65. The molecule has 156 valence electrons. The highest BCUT2D eigenvalue weighted by atomic mass is 35.5. The van der Waals surface area contributed by atoms with Gasteiger partial charge in [0.2, 0.25) is 10.0 Å². The Morgan fingerprint density at radius 2 is 1.76 bits per heavy atom. The van der Waals surface area contributed by atoms with Crippen molar-refractivity contribution in [2.24, 2.45) is 5.10 Å². The standard InChI is InChI=1S/C17H14Cl2F3N3O3S/c1-29(27,28)25(14-7-12(18)6-13(19)8-14)10-16(26)24-23-9-11-4-2-3-5-15(11)17(20,21)22/h2-9H,10H2,1H3,(H,24,26)/b23-9-. The van der Waals surface area contributed by atoms with Gasteiger partial charge in [0.25, 0.3) is 5.91 Å².